The van der Waals surface area contributed by atoms with Gasteiger partial charge in [-0.25, -0.2) is 4.79 Å². The van der Waals surface area contributed by atoms with E-state index in [9.17, 15) is 4.79 Å². The van der Waals surface area contributed by atoms with Crippen LogP contribution in [-0.4, -0.2) is 44.9 Å². The third-order valence-electron chi connectivity index (χ3n) is 4.31. The van der Waals surface area contributed by atoms with E-state index >= 15 is 0 Å². The van der Waals surface area contributed by atoms with E-state index < -0.39 is 5.97 Å². The fraction of sp³-hybridized carbons (Fsp3) is 0.444. The van der Waals surface area contributed by atoms with E-state index in [1.165, 1.54) is 6.26 Å². The molecular weight excluding hydrogens is 324 g/mol. The van der Waals surface area contributed by atoms with E-state index in [1.807, 2.05) is 23.1 Å². The molecule has 7 nitrogen and oxygen atoms in total. The van der Waals surface area contributed by atoms with Crippen molar-refractivity contribution in [1.82, 2.24) is 4.98 Å². The van der Waals surface area contributed by atoms with Gasteiger partial charge in [-0.05, 0) is 31.5 Å². The highest BCUT2D eigenvalue weighted by Crippen LogP contribution is 2.37. The molecule has 1 aliphatic heterocycles. The van der Waals surface area contributed by atoms with Crippen LogP contribution >= 0.6 is 0 Å². The van der Waals surface area contributed by atoms with Crippen LogP contribution in [0.25, 0.3) is 0 Å². The fourth-order valence-corrected chi connectivity index (χ4v) is 3.05. The van der Waals surface area contributed by atoms with E-state index in [-0.39, 0.29) is 11.6 Å². The van der Waals surface area contributed by atoms with Gasteiger partial charge in [0, 0.05) is 24.6 Å². The van der Waals surface area contributed by atoms with Gasteiger partial charge in [-0.2, -0.15) is 4.98 Å². The van der Waals surface area contributed by atoms with Gasteiger partial charge in [-0.1, -0.05) is 0 Å². The molecule has 0 N–H and O–H groups in total. The molecule has 2 heterocycles. The lowest BCUT2D eigenvalue weighted by Crippen LogP contribution is -2.20. The van der Waals surface area contributed by atoms with Crippen molar-refractivity contribution in [2.45, 2.75) is 19.3 Å². The minimum atomic E-state index is -0.470. The molecule has 0 amide bonds. The molecule has 1 fully saturated rings. The quantitative estimate of drug-likeness (QED) is 0.745. The van der Waals surface area contributed by atoms with Gasteiger partial charge in [0.1, 0.15) is 17.8 Å². The minimum absolute atomic E-state index is 0.194. The molecule has 1 aliphatic rings. The van der Waals surface area contributed by atoms with Crippen molar-refractivity contribution in [2.24, 2.45) is 0 Å². The van der Waals surface area contributed by atoms with Crippen molar-refractivity contribution in [2.75, 3.05) is 38.8 Å². The molecule has 1 aromatic carbocycles. The Labute approximate surface area is 146 Å². The molecule has 0 radical (unpaired) electrons. The summed E-state index contributed by atoms with van der Waals surface area (Å²) in [6, 6.07) is 6.25. The third-order valence-corrected chi connectivity index (χ3v) is 4.31. The molecule has 1 saturated heterocycles. The summed E-state index contributed by atoms with van der Waals surface area (Å²) < 4.78 is 21.2. The summed E-state index contributed by atoms with van der Waals surface area (Å²) in [5, 5.41) is 0. The number of aromatic nitrogens is 1. The first-order chi connectivity index (χ1) is 12.2. The van der Waals surface area contributed by atoms with Crippen LogP contribution in [0.1, 0.15) is 35.3 Å². The molecule has 0 saturated carbocycles. The summed E-state index contributed by atoms with van der Waals surface area (Å²) in [6.45, 7) is 3.58. The van der Waals surface area contributed by atoms with Crippen LogP contribution in [0.15, 0.2) is 28.9 Å². The van der Waals surface area contributed by atoms with Gasteiger partial charge in [0.05, 0.1) is 20.8 Å². The number of methoxy groups -OCH3 is 2. The van der Waals surface area contributed by atoms with Gasteiger partial charge in [0.15, 0.2) is 5.69 Å². The lowest BCUT2D eigenvalue weighted by Gasteiger charge is -2.17. The normalized spacial score (nSPS) is 16.8. The van der Waals surface area contributed by atoms with Crippen molar-refractivity contribution in [3.63, 3.8) is 0 Å². The number of carbonyl (C=O) groups is 1. The van der Waals surface area contributed by atoms with Crippen molar-refractivity contribution in [1.29, 1.82) is 0 Å². The first-order valence-corrected chi connectivity index (χ1v) is 8.25. The lowest BCUT2D eigenvalue weighted by atomic mass is 9.97. The molecule has 1 aromatic heterocycles. The zero-order valence-corrected chi connectivity index (χ0v) is 14.7. The van der Waals surface area contributed by atoms with Crippen LogP contribution in [0.4, 0.5) is 6.01 Å². The maximum atomic E-state index is 11.7. The number of carbonyl (C=O) groups excluding carboxylic acids is 1. The smallest absolute Gasteiger partial charge is 0.360 e. The SMILES string of the molecule is CCOC(=O)c1coc(N2CCC(c3cc(OC)ccc3OC)C2)n1. The maximum Gasteiger partial charge on any atom is 0.360 e. The van der Waals surface area contributed by atoms with Crippen LogP contribution in [0.5, 0.6) is 11.5 Å². The predicted octanol–water partition coefficient (Wildman–Crippen LogP) is 2.86. The average Bonchev–Trinajstić information content (AvgIpc) is 3.30. The van der Waals surface area contributed by atoms with Gasteiger partial charge in [-0.3, -0.25) is 0 Å². The fourth-order valence-electron chi connectivity index (χ4n) is 3.05. The number of oxazole rings is 1. The molecule has 7 heteroatoms. The van der Waals surface area contributed by atoms with Crippen LogP contribution in [0.3, 0.4) is 0 Å². The Bertz CT molecular complexity index is 743. The highest BCUT2D eigenvalue weighted by Gasteiger charge is 2.29. The molecule has 1 unspecified atom stereocenters. The number of benzene rings is 1. The Balaban J connectivity index is 1.75. The number of anilines is 1. The number of hydrogen-bond acceptors (Lipinski definition) is 7. The Hall–Kier alpha value is -2.70. The largest absolute Gasteiger partial charge is 0.497 e. The second-order valence-corrected chi connectivity index (χ2v) is 5.78. The number of nitrogens with zero attached hydrogens (tertiary/aromatic N) is 2. The molecule has 0 bridgehead atoms. The summed E-state index contributed by atoms with van der Waals surface area (Å²) >= 11 is 0. The second kappa shape index (κ2) is 7.46. The molecule has 0 spiro atoms. The van der Waals surface area contributed by atoms with Gasteiger partial charge in [0.2, 0.25) is 0 Å². The Kier molecular flexibility index (Phi) is 5.11. The Morgan fingerprint density at radius 1 is 1.36 bits per heavy atom. The molecule has 134 valence electrons. The topological polar surface area (TPSA) is 74.0 Å². The van der Waals surface area contributed by atoms with Crippen LogP contribution < -0.4 is 14.4 Å². The van der Waals surface area contributed by atoms with Crippen molar-refractivity contribution in [3.05, 3.63) is 35.7 Å². The number of esters is 1. The first-order valence-electron chi connectivity index (χ1n) is 8.25. The highest BCUT2D eigenvalue weighted by atomic mass is 16.5. The van der Waals surface area contributed by atoms with Crippen LogP contribution in [0, 0.1) is 0 Å². The van der Waals surface area contributed by atoms with E-state index in [0.29, 0.717) is 12.6 Å². The maximum absolute atomic E-state index is 11.7. The Morgan fingerprint density at radius 2 is 2.20 bits per heavy atom. The zero-order valence-electron chi connectivity index (χ0n) is 14.7. The molecule has 25 heavy (non-hydrogen) atoms. The highest BCUT2D eigenvalue weighted by molar-refractivity contribution is 5.87. The zero-order chi connectivity index (χ0) is 17.8. The van der Waals surface area contributed by atoms with E-state index in [4.69, 9.17) is 18.6 Å². The summed E-state index contributed by atoms with van der Waals surface area (Å²) in [7, 11) is 3.31. The predicted molar refractivity (Wildman–Crippen MR) is 91.6 cm³/mol. The van der Waals surface area contributed by atoms with Gasteiger partial charge >= 0.3 is 5.97 Å². The molecule has 1 atom stereocenters. The summed E-state index contributed by atoms with van der Waals surface area (Å²) in [6.07, 6.45) is 2.27. The molecular formula is C18H22N2O5. The minimum Gasteiger partial charge on any atom is -0.497 e. The second-order valence-electron chi connectivity index (χ2n) is 5.78. The average molecular weight is 346 g/mol. The molecule has 2 aromatic rings. The number of hydrogen-bond donors (Lipinski definition) is 0. The number of rotatable bonds is 6. The molecule has 3 rings (SSSR count). The standard InChI is InChI=1S/C18H22N2O5/c1-4-24-17(21)15-11-25-18(19-15)20-8-7-12(10-20)14-9-13(22-2)5-6-16(14)23-3/h5-6,9,11-12H,4,7-8,10H2,1-3H3. The monoisotopic (exact) mass is 346 g/mol. The van der Waals surface area contributed by atoms with Gasteiger partial charge in [-0.15, -0.1) is 0 Å². The summed E-state index contributed by atoms with van der Waals surface area (Å²) in [5.74, 6) is 1.44. The third kappa shape index (κ3) is 3.55. The summed E-state index contributed by atoms with van der Waals surface area (Å²) in [4.78, 5) is 18.0. The van der Waals surface area contributed by atoms with E-state index in [0.717, 1.165) is 36.6 Å². The molecule has 0 aliphatic carbocycles. The van der Waals surface area contributed by atoms with Gasteiger partial charge < -0.3 is 23.5 Å². The van der Waals surface area contributed by atoms with Crippen molar-refractivity contribution < 1.29 is 23.4 Å². The first kappa shape index (κ1) is 17.1. The number of ether oxygens (including phenoxy) is 3. The summed E-state index contributed by atoms with van der Waals surface area (Å²) in [5.41, 5.74) is 1.29. The van der Waals surface area contributed by atoms with Gasteiger partial charge in [0.25, 0.3) is 6.01 Å². The van der Waals surface area contributed by atoms with E-state index in [2.05, 4.69) is 4.98 Å². The van der Waals surface area contributed by atoms with Crippen molar-refractivity contribution in [3.8, 4) is 11.5 Å². The van der Waals surface area contributed by atoms with Crippen LogP contribution in [-0.2, 0) is 4.74 Å². The Morgan fingerprint density at radius 3 is 2.92 bits per heavy atom. The van der Waals surface area contributed by atoms with Crippen LogP contribution in [0.2, 0.25) is 0 Å². The lowest BCUT2D eigenvalue weighted by molar-refractivity contribution is 0.0519. The van der Waals surface area contributed by atoms with E-state index in [1.54, 1.807) is 21.1 Å². The van der Waals surface area contributed by atoms with Crippen molar-refractivity contribution >= 4 is 12.0 Å².